The maximum atomic E-state index is 6.23. The Kier molecular flexibility index (Phi) is 4.63. The second-order valence-corrected chi connectivity index (χ2v) is 9.62. The number of hydrogen-bond acceptors (Lipinski definition) is 1. The number of hydrogen-bond donors (Lipinski definition) is 0. The van der Waals surface area contributed by atoms with E-state index in [0.717, 1.165) is 19.3 Å². The number of aryl methyl sites for hydroxylation is 2. The Balaban J connectivity index is 1.41. The van der Waals surface area contributed by atoms with Crippen molar-refractivity contribution in [3.63, 3.8) is 0 Å². The lowest BCUT2D eigenvalue weighted by atomic mass is 9.91. The molecule has 34 heavy (non-hydrogen) atoms. The molecule has 0 aromatic heterocycles. The van der Waals surface area contributed by atoms with Gasteiger partial charge in [0, 0.05) is 0 Å². The van der Waals surface area contributed by atoms with Gasteiger partial charge in [0.05, 0.1) is 13.2 Å². The standard InChI is InChI=1S/C33H26O/c1-3-10-28-24(6-1)18-26-8-5-9-27-19-25-7-2-4-11-29(25)33-17-23(13-15-31(27)33)21-34-20-22-12-14-30(26)32(28)16-22/h1-4,6-7,10-19H,5,8-9,20-21H2. The Bertz CT molecular complexity index is 1580. The molecule has 0 saturated heterocycles. The van der Waals surface area contributed by atoms with Crippen molar-refractivity contribution >= 4 is 43.1 Å². The van der Waals surface area contributed by atoms with Crippen LogP contribution >= 0.6 is 0 Å². The monoisotopic (exact) mass is 438 g/mol. The summed E-state index contributed by atoms with van der Waals surface area (Å²) in [6.07, 6.45) is 3.28. The topological polar surface area (TPSA) is 9.23 Å². The highest BCUT2D eigenvalue weighted by Gasteiger charge is 2.12. The maximum Gasteiger partial charge on any atom is 0.0721 e. The van der Waals surface area contributed by atoms with Crippen molar-refractivity contribution in [2.24, 2.45) is 0 Å². The third-order valence-corrected chi connectivity index (χ3v) is 7.45. The van der Waals surface area contributed by atoms with Crippen LogP contribution in [0.3, 0.4) is 0 Å². The van der Waals surface area contributed by atoms with Crippen LogP contribution in [0.15, 0.2) is 97.1 Å². The summed E-state index contributed by atoms with van der Waals surface area (Å²) < 4.78 is 6.23. The first-order valence-corrected chi connectivity index (χ1v) is 12.3. The smallest absolute Gasteiger partial charge is 0.0721 e. The predicted molar refractivity (Wildman–Crippen MR) is 143 cm³/mol. The number of fused-ring (bicyclic) bond motifs is 2. The zero-order valence-electron chi connectivity index (χ0n) is 19.2. The molecule has 0 radical (unpaired) electrons. The molecule has 4 heterocycles. The summed E-state index contributed by atoms with van der Waals surface area (Å²) in [6, 6.07) is 36.1. The van der Waals surface area contributed by atoms with Crippen LogP contribution in [-0.4, -0.2) is 0 Å². The van der Waals surface area contributed by atoms with E-state index in [0.29, 0.717) is 13.2 Å². The van der Waals surface area contributed by atoms with Crippen LogP contribution in [0.5, 0.6) is 0 Å². The first-order chi connectivity index (χ1) is 16.8. The van der Waals surface area contributed by atoms with Gasteiger partial charge in [0.15, 0.2) is 0 Å². The molecule has 6 aromatic rings. The molecule has 10 rings (SSSR count). The molecule has 1 heteroatoms. The zero-order chi connectivity index (χ0) is 22.5. The van der Waals surface area contributed by atoms with Crippen LogP contribution in [0, 0.1) is 0 Å². The highest BCUT2D eigenvalue weighted by Crippen LogP contribution is 2.33. The molecular weight excluding hydrogens is 412 g/mol. The molecule has 4 aliphatic heterocycles. The van der Waals surface area contributed by atoms with Gasteiger partial charge >= 0.3 is 0 Å². The lowest BCUT2D eigenvalue weighted by molar-refractivity contribution is 0.107. The zero-order valence-corrected chi connectivity index (χ0v) is 19.2. The van der Waals surface area contributed by atoms with E-state index in [4.69, 9.17) is 4.74 Å². The van der Waals surface area contributed by atoms with Gasteiger partial charge in [0.25, 0.3) is 0 Å². The minimum Gasteiger partial charge on any atom is -0.372 e. The average Bonchev–Trinajstić information content (AvgIpc) is 2.88. The van der Waals surface area contributed by atoms with Crippen LogP contribution in [0.25, 0.3) is 43.1 Å². The SMILES string of the molecule is c1ccc2c(c1)cc1c3ccc(cc32)COCc2ccc3c(cc4ccccc4c3c2)CCC1. The summed E-state index contributed by atoms with van der Waals surface area (Å²) in [5.74, 6) is 0. The molecule has 0 aliphatic carbocycles. The molecule has 0 atom stereocenters. The first-order valence-electron chi connectivity index (χ1n) is 12.3. The molecule has 0 unspecified atom stereocenters. The van der Waals surface area contributed by atoms with Gasteiger partial charge in [0.2, 0.25) is 0 Å². The van der Waals surface area contributed by atoms with E-state index in [1.807, 2.05) is 0 Å². The largest absolute Gasteiger partial charge is 0.372 e. The van der Waals surface area contributed by atoms with Gasteiger partial charge in [-0.05, 0) is 96.7 Å². The van der Waals surface area contributed by atoms with E-state index in [9.17, 15) is 0 Å². The van der Waals surface area contributed by atoms with Crippen LogP contribution < -0.4 is 0 Å². The van der Waals surface area contributed by atoms with Gasteiger partial charge in [-0.25, -0.2) is 0 Å². The van der Waals surface area contributed by atoms with Crippen molar-refractivity contribution in [2.45, 2.75) is 32.5 Å². The quantitative estimate of drug-likeness (QED) is 0.216. The summed E-state index contributed by atoms with van der Waals surface area (Å²) in [5, 5.41) is 10.8. The Morgan fingerprint density at radius 2 is 0.941 bits per heavy atom. The Hall–Kier alpha value is -3.68. The second-order valence-electron chi connectivity index (χ2n) is 9.62. The van der Waals surface area contributed by atoms with Gasteiger partial charge in [-0.15, -0.1) is 0 Å². The van der Waals surface area contributed by atoms with Crippen molar-refractivity contribution in [3.05, 3.63) is 119 Å². The van der Waals surface area contributed by atoms with Gasteiger partial charge in [-0.1, -0.05) is 84.9 Å². The van der Waals surface area contributed by atoms with E-state index in [1.54, 1.807) is 0 Å². The third kappa shape index (κ3) is 3.28. The number of rotatable bonds is 0. The van der Waals surface area contributed by atoms with Gasteiger partial charge in [-0.3, -0.25) is 0 Å². The molecule has 0 fully saturated rings. The van der Waals surface area contributed by atoms with E-state index in [2.05, 4.69) is 97.1 Å². The van der Waals surface area contributed by atoms with Crippen LogP contribution in [0.4, 0.5) is 0 Å². The molecule has 8 bridgehead atoms. The van der Waals surface area contributed by atoms with E-state index >= 15 is 0 Å². The minimum absolute atomic E-state index is 0.618. The Morgan fingerprint density at radius 1 is 0.441 bits per heavy atom. The van der Waals surface area contributed by atoms with Crippen molar-refractivity contribution in [2.75, 3.05) is 0 Å². The van der Waals surface area contributed by atoms with Crippen molar-refractivity contribution in [3.8, 4) is 0 Å². The lowest BCUT2D eigenvalue weighted by Gasteiger charge is -2.15. The summed E-state index contributed by atoms with van der Waals surface area (Å²) >= 11 is 0. The second kappa shape index (κ2) is 7.97. The summed E-state index contributed by atoms with van der Waals surface area (Å²) in [5.41, 5.74) is 5.35. The Morgan fingerprint density at radius 3 is 1.47 bits per heavy atom. The average molecular weight is 439 g/mol. The van der Waals surface area contributed by atoms with Crippen LogP contribution in [-0.2, 0) is 30.8 Å². The van der Waals surface area contributed by atoms with Gasteiger partial charge < -0.3 is 4.74 Å². The molecule has 0 saturated carbocycles. The fraction of sp³-hybridized carbons (Fsp3) is 0.152. The molecule has 1 nitrogen and oxygen atoms in total. The van der Waals surface area contributed by atoms with Crippen LogP contribution in [0.1, 0.15) is 28.7 Å². The fourth-order valence-electron chi connectivity index (χ4n) is 5.81. The maximum absolute atomic E-state index is 6.23. The molecule has 0 N–H and O–H groups in total. The summed E-state index contributed by atoms with van der Waals surface area (Å²) in [6.45, 7) is 1.24. The predicted octanol–water partition coefficient (Wildman–Crippen LogP) is 8.50. The van der Waals surface area contributed by atoms with Crippen molar-refractivity contribution in [1.82, 2.24) is 0 Å². The Labute approximate surface area is 199 Å². The van der Waals surface area contributed by atoms with Crippen molar-refractivity contribution in [1.29, 1.82) is 0 Å². The highest BCUT2D eigenvalue weighted by molar-refractivity contribution is 6.10. The third-order valence-electron chi connectivity index (χ3n) is 7.45. The van der Waals surface area contributed by atoms with Crippen LogP contribution in [0.2, 0.25) is 0 Å². The molecule has 164 valence electrons. The minimum atomic E-state index is 0.618. The van der Waals surface area contributed by atoms with Gasteiger partial charge in [-0.2, -0.15) is 0 Å². The summed E-state index contributed by atoms with van der Waals surface area (Å²) in [4.78, 5) is 0. The lowest BCUT2D eigenvalue weighted by Crippen LogP contribution is -1.98. The van der Waals surface area contributed by atoms with Gasteiger partial charge in [0.1, 0.15) is 0 Å². The number of benzene rings is 6. The first kappa shape index (κ1) is 19.8. The molecular formula is C33H26O. The van der Waals surface area contributed by atoms with E-state index in [-0.39, 0.29) is 0 Å². The van der Waals surface area contributed by atoms with E-state index < -0.39 is 0 Å². The molecule has 0 amide bonds. The molecule has 4 aliphatic rings. The highest BCUT2D eigenvalue weighted by atomic mass is 16.5. The number of ether oxygens (including phenoxy) is 1. The molecule has 6 aromatic carbocycles. The fourth-order valence-corrected chi connectivity index (χ4v) is 5.81. The normalized spacial score (nSPS) is 14.4. The van der Waals surface area contributed by atoms with Crippen molar-refractivity contribution < 1.29 is 4.74 Å². The molecule has 0 spiro atoms. The summed E-state index contributed by atoms with van der Waals surface area (Å²) in [7, 11) is 0. The van der Waals surface area contributed by atoms with E-state index in [1.165, 1.54) is 65.3 Å².